The molecule has 0 saturated carbocycles. The third-order valence-corrected chi connectivity index (χ3v) is 6.01. The molecule has 1 aliphatic rings. The predicted molar refractivity (Wildman–Crippen MR) is 160 cm³/mol. The van der Waals surface area contributed by atoms with Crippen molar-refractivity contribution in [3.8, 4) is 16.9 Å². The van der Waals surface area contributed by atoms with Gasteiger partial charge in [-0.05, 0) is 44.7 Å². The number of carbonyl (C=O) groups excluding carboxylic acids is 1. The van der Waals surface area contributed by atoms with Gasteiger partial charge in [0.15, 0.2) is 0 Å². The summed E-state index contributed by atoms with van der Waals surface area (Å²) in [5, 5.41) is 7.95. The fourth-order valence-corrected chi connectivity index (χ4v) is 4.06. The molecule has 3 heterocycles. The van der Waals surface area contributed by atoms with Crippen LogP contribution in [0.3, 0.4) is 0 Å². The van der Waals surface area contributed by atoms with E-state index in [1.165, 1.54) is 6.42 Å². The second kappa shape index (κ2) is 18.3. The van der Waals surface area contributed by atoms with Crippen LogP contribution in [0.25, 0.3) is 16.9 Å². The van der Waals surface area contributed by atoms with E-state index in [-0.39, 0.29) is 6.41 Å². The highest BCUT2D eigenvalue weighted by Gasteiger charge is 2.21. The number of para-hydroxylation sites is 1. The Morgan fingerprint density at radius 2 is 1.60 bits per heavy atom. The molecule has 1 amide bonds. The van der Waals surface area contributed by atoms with Crippen molar-refractivity contribution in [3.05, 3.63) is 90.5 Å². The first kappa shape index (κ1) is 32.1. The minimum Gasteiger partial charge on any atom is -0.385 e. The number of nitrogens with one attached hydrogen (secondary N) is 1. The van der Waals surface area contributed by atoms with Gasteiger partial charge in [0.1, 0.15) is 17.3 Å². The van der Waals surface area contributed by atoms with Gasteiger partial charge in [-0.1, -0.05) is 61.5 Å². The van der Waals surface area contributed by atoms with E-state index in [0.29, 0.717) is 6.10 Å². The largest absolute Gasteiger partial charge is 0.385 e. The Morgan fingerprint density at radius 1 is 1.05 bits per heavy atom. The molecule has 1 unspecified atom stereocenters. The lowest BCUT2D eigenvalue weighted by Crippen LogP contribution is -2.07. The van der Waals surface area contributed by atoms with Crippen LogP contribution in [0.1, 0.15) is 31.2 Å². The Bertz CT molecular complexity index is 1190. The summed E-state index contributed by atoms with van der Waals surface area (Å²) in [7, 11) is 3.64. The highest BCUT2D eigenvalue weighted by Crippen LogP contribution is 2.29. The molecule has 1 saturated heterocycles. The van der Waals surface area contributed by atoms with E-state index in [0.717, 1.165) is 59.7 Å². The average molecular weight is 547 g/mol. The first-order chi connectivity index (χ1) is 19.4. The van der Waals surface area contributed by atoms with Crippen molar-refractivity contribution in [1.29, 1.82) is 0 Å². The molecule has 1 fully saturated rings. The summed E-state index contributed by atoms with van der Waals surface area (Å²) in [6.07, 6.45) is 6.61. The summed E-state index contributed by atoms with van der Waals surface area (Å²) >= 11 is 0. The zero-order valence-corrected chi connectivity index (χ0v) is 24.2. The second-order valence-electron chi connectivity index (χ2n) is 9.21. The first-order valence-corrected chi connectivity index (χ1v) is 13.3. The number of hydrogen-bond donors (Lipinski definition) is 2. The minimum absolute atomic E-state index is 0.250. The molecule has 214 valence electrons. The van der Waals surface area contributed by atoms with Gasteiger partial charge in [-0.3, -0.25) is 4.79 Å². The van der Waals surface area contributed by atoms with Crippen LogP contribution in [0.4, 0.5) is 5.82 Å². The Morgan fingerprint density at radius 3 is 2.08 bits per heavy atom. The topological polar surface area (TPSA) is 117 Å². The number of aryl methyl sites for hydroxylation is 1. The number of methoxy groups -OCH3 is 1. The first-order valence-electron chi connectivity index (χ1n) is 13.3. The molecule has 0 spiro atoms. The second-order valence-corrected chi connectivity index (χ2v) is 9.21. The van der Waals surface area contributed by atoms with E-state index in [2.05, 4.69) is 27.9 Å². The van der Waals surface area contributed by atoms with Gasteiger partial charge in [0.25, 0.3) is 0 Å². The third kappa shape index (κ3) is 10.6. The van der Waals surface area contributed by atoms with E-state index < -0.39 is 0 Å². The average Bonchev–Trinajstić information content (AvgIpc) is 3.56. The molecule has 40 heavy (non-hydrogen) atoms. The Kier molecular flexibility index (Phi) is 14.7. The van der Waals surface area contributed by atoms with Gasteiger partial charge >= 0.3 is 0 Å². The molecule has 3 N–H and O–H groups in total. The van der Waals surface area contributed by atoms with Crippen molar-refractivity contribution in [2.45, 2.75) is 39.7 Å². The number of nitrogens with zero attached hydrogens (tertiary/aromatic N) is 4. The zero-order valence-electron chi connectivity index (χ0n) is 24.2. The molecule has 0 radical (unpaired) electrons. The van der Waals surface area contributed by atoms with Gasteiger partial charge in [-0.2, -0.15) is 5.10 Å². The molecular formula is C31H42N6O3. The molecule has 0 aliphatic carbocycles. The molecular weight excluding hydrogens is 504 g/mol. The number of hydrogen-bond acceptors (Lipinski definition) is 7. The quantitative estimate of drug-likeness (QED) is 0.318. The fourth-order valence-electron chi connectivity index (χ4n) is 4.06. The molecule has 9 nitrogen and oxygen atoms in total. The maximum atomic E-state index is 8.58. The summed E-state index contributed by atoms with van der Waals surface area (Å²) < 4.78 is 12.4. The van der Waals surface area contributed by atoms with Crippen LogP contribution < -0.4 is 11.1 Å². The van der Waals surface area contributed by atoms with Crippen LogP contribution in [-0.2, 0) is 14.3 Å². The van der Waals surface area contributed by atoms with E-state index >= 15 is 0 Å². The molecule has 1 aliphatic heterocycles. The normalized spacial score (nSPS) is 15.3. The lowest BCUT2D eigenvalue weighted by Gasteiger charge is -2.06. The van der Waals surface area contributed by atoms with Crippen LogP contribution in [0.15, 0.2) is 79.1 Å². The predicted octanol–water partition coefficient (Wildman–Crippen LogP) is 5.22. The summed E-state index contributed by atoms with van der Waals surface area (Å²) in [4.78, 5) is 17.1. The smallest absolute Gasteiger partial charge is 0.204 e. The molecule has 2 aromatic heterocycles. The number of carbonyl (C=O) groups is 1. The molecule has 0 bridgehead atoms. The minimum atomic E-state index is 0.250. The van der Waals surface area contributed by atoms with Crippen molar-refractivity contribution in [2.24, 2.45) is 11.7 Å². The SMILES string of the molecule is CNc1c(C)c(-c2cnc(C)nc2)nn1-c1ccccc1.COCCC1C[C@@H](C)CO1.NC=O.c1ccccc1. The number of anilines is 1. The van der Waals surface area contributed by atoms with Gasteiger partial charge in [0.2, 0.25) is 6.41 Å². The number of primary amides is 1. The summed E-state index contributed by atoms with van der Waals surface area (Å²) in [5.74, 6) is 2.48. The summed E-state index contributed by atoms with van der Waals surface area (Å²) in [6, 6.07) is 22.1. The van der Waals surface area contributed by atoms with Gasteiger partial charge in [0.05, 0.1) is 11.8 Å². The Labute approximate surface area is 237 Å². The van der Waals surface area contributed by atoms with E-state index in [1.54, 1.807) is 7.11 Å². The van der Waals surface area contributed by atoms with Crippen molar-refractivity contribution < 1.29 is 14.3 Å². The third-order valence-electron chi connectivity index (χ3n) is 6.01. The summed E-state index contributed by atoms with van der Waals surface area (Å²) in [5.41, 5.74) is 8.07. The van der Waals surface area contributed by atoms with E-state index in [4.69, 9.17) is 19.4 Å². The van der Waals surface area contributed by atoms with Gasteiger partial charge in [-0.25, -0.2) is 14.6 Å². The lowest BCUT2D eigenvalue weighted by atomic mass is 10.1. The van der Waals surface area contributed by atoms with Gasteiger partial charge in [0, 0.05) is 50.9 Å². The highest BCUT2D eigenvalue weighted by molar-refractivity contribution is 5.69. The molecule has 9 heteroatoms. The number of rotatable bonds is 6. The van der Waals surface area contributed by atoms with Crippen LogP contribution in [0.5, 0.6) is 0 Å². The van der Waals surface area contributed by atoms with Crippen LogP contribution in [0, 0.1) is 19.8 Å². The highest BCUT2D eigenvalue weighted by atomic mass is 16.5. The van der Waals surface area contributed by atoms with Crippen molar-refractivity contribution in [3.63, 3.8) is 0 Å². The lowest BCUT2D eigenvalue weighted by molar-refractivity contribution is -0.106. The maximum absolute atomic E-state index is 8.58. The zero-order chi connectivity index (χ0) is 29.2. The Hall–Kier alpha value is -4.08. The maximum Gasteiger partial charge on any atom is 0.204 e. The van der Waals surface area contributed by atoms with Crippen molar-refractivity contribution in [1.82, 2.24) is 19.7 Å². The molecule has 5 rings (SSSR count). The standard InChI is InChI=1S/C16H17N5.C8H16O2.C6H6.CH3NO/c1-11-15(13-9-18-12(2)19-10-13)20-21(16(11)17-3)14-7-5-4-6-8-14;1-7-5-8(10-6-7)3-4-9-2;1-2-4-6-5-3-1;2-1-3/h4-10,17H,1-3H3;7-8H,3-6H2,1-2H3;1-6H;1H,(H2,2,3)/t;7-,8?;;/m.1../s1. The number of nitrogens with two attached hydrogens (primary N) is 1. The van der Waals surface area contributed by atoms with Crippen molar-refractivity contribution >= 4 is 12.2 Å². The number of amides is 1. The van der Waals surface area contributed by atoms with Gasteiger partial charge < -0.3 is 20.5 Å². The van der Waals surface area contributed by atoms with Gasteiger partial charge in [-0.15, -0.1) is 0 Å². The monoisotopic (exact) mass is 546 g/mol. The number of benzene rings is 2. The van der Waals surface area contributed by atoms with Crippen molar-refractivity contribution in [2.75, 3.05) is 32.7 Å². The number of aromatic nitrogens is 4. The van der Waals surface area contributed by atoms with E-state index in [9.17, 15) is 0 Å². The number of ether oxygens (including phenoxy) is 2. The molecule has 2 atom stereocenters. The van der Waals surface area contributed by atoms with Crippen LogP contribution >= 0.6 is 0 Å². The van der Waals surface area contributed by atoms with E-state index in [1.807, 2.05) is 105 Å². The summed E-state index contributed by atoms with van der Waals surface area (Å²) in [6.45, 7) is 7.92. The fraction of sp³-hybridized carbons (Fsp3) is 0.355. The molecule has 2 aromatic carbocycles. The Balaban J connectivity index is 0.000000242. The van der Waals surface area contributed by atoms with Crippen LogP contribution in [0.2, 0.25) is 0 Å². The van der Waals surface area contributed by atoms with Crippen LogP contribution in [-0.4, -0.2) is 59.6 Å². The molecule has 4 aromatic rings.